The first-order valence-corrected chi connectivity index (χ1v) is 13.3. The van der Waals surface area contributed by atoms with Gasteiger partial charge in [-0.1, -0.05) is 42.5 Å². The van der Waals surface area contributed by atoms with E-state index < -0.39 is 0 Å². The molecule has 3 aromatic rings. The number of benzene rings is 2. The first-order chi connectivity index (χ1) is 18.7. The van der Waals surface area contributed by atoms with Crippen LogP contribution < -0.4 is 10.1 Å². The van der Waals surface area contributed by atoms with Gasteiger partial charge >= 0.3 is 0 Å². The molecule has 2 aliphatic rings. The van der Waals surface area contributed by atoms with Crippen LogP contribution in [0.2, 0.25) is 0 Å². The van der Waals surface area contributed by atoms with E-state index in [-0.39, 0.29) is 18.4 Å². The van der Waals surface area contributed by atoms with Crippen LogP contribution in [-0.4, -0.2) is 72.6 Å². The van der Waals surface area contributed by atoms with Gasteiger partial charge in [-0.05, 0) is 55.0 Å². The van der Waals surface area contributed by atoms with Crippen LogP contribution in [0.3, 0.4) is 0 Å². The Kier molecular flexibility index (Phi) is 8.50. The Morgan fingerprint density at radius 3 is 2.55 bits per heavy atom. The lowest BCUT2D eigenvalue weighted by molar-refractivity contribution is -0.133. The number of nitrogens with one attached hydrogen (secondary N) is 1. The van der Waals surface area contributed by atoms with Gasteiger partial charge in [-0.15, -0.1) is 0 Å². The van der Waals surface area contributed by atoms with Gasteiger partial charge in [-0.2, -0.15) is 0 Å². The zero-order chi connectivity index (χ0) is 26.2. The summed E-state index contributed by atoms with van der Waals surface area (Å²) in [6.07, 6.45) is 4.61. The summed E-state index contributed by atoms with van der Waals surface area (Å²) < 4.78 is 11.6. The van der Waals surface area contributed by atoms with Crippen molar-refractivity contribution in [1.29, 1.82) is 0 Å². The fraction of sp³-hybridized carbons (Fsp3) is 0.367. The third kappa shape index (κ3) is 6.50. The summed E-state index contributed by atoms with van der Waals surface area (Å²) in [5, 5.41) is 3.25. The summed E-state index contributed by atoms with van der Waals surface area (Å²) in [6.45, 7) is 2.80. The minimum atomic E-state index is -0.255. The SMILES string of the molecule is O=C(CN1CCOCCOc2ccccc2Nc2ncccc2C1=O)N1CCC(Cc2ccccc2)CC1. The molecule has 0 unspecified atom stereocenters. The smallest absolute Gasteiger partial charge is 0.258 e. The van der Waals surface area contributed by atoms with Crippen LogP contribution in [-0.2, 0) is 16.0 Å². The summed E-state index contributed by atoms with van der Waals surface area (Å²) in [7, 11) is 0. The maximum absolute atomic E-state index is 13.7. The van der Waals surface area contributed by atoms with Crippen LogP contribution in [0, 0.1) is 5.92 Å². The van der Waals surface area contributed by atoms with E-state index in [4.69, 9.17) is 9.47 Å². The number of carbonyl (C=O) groups excluding carboxylic acids is 2. The predicted octanol–water partition coefficient (Wildman–Crippen LogP) is 4.16. The number of hydrogen-bond acceptors (Lipinski definition) is 6. The molecule has 198 valence electrons. The lowest BCUT2D eigenvalue weighted by Gasteiger charge is -2.34. The largest absolute Gasteiger partial charge is 0.489 e. The second-order valence-corrected chi connectivity index (χ2v) is 9.72. The molecule has 2 aromatic carbocycles. The fourth-order valence-electron chi connectivity index (χ4n) is 5.01. The first-order valence-electron chi connectivity index (χ1n) is 13.3. The molecular weight excluding hydrogens is 480 g/mol. The molecule has 38 heavy (non-hydrogen) atoms. The Labute approximate surface area is 223 Å². The van der Waals surface area contributed by atoms with Crippen LogP contribution in [0.5, 0.6) is 5.75 Å². The number of rotatable bonds is 4. The number of nitrogens with zero attached hydrogens (tertiary/aromatic N) is 3. The predicted molar refractivity (Wildman–Crippen MR) is 146 cm³/mol. The van der Waals surface area contributed by atoms with E-state index >= 15 is 0 Å². The lowest BCUT2D eigenvalue weighted by atomic mass is 9.90. The molecular formula is C30H34N4O4. The van der Waals surface area contributed by atoms with Crippen molar-refractivity contribution in [1.82, 2.24) is 14.8 Å². The average molecular weight is 515 g/mol. The quantitative estimate of drug-likeness (QED) is 0.563. The second kappa shape index (κ2) is 12.6. The highest BCUT2D eigenvalue weighted by Crippen LogP contribution is 2.29. The number of aromatic nitrogens is 1. The van der Waals surface area contributed by atoms with E-state index in [9.17, 15) is 9.59 Å². The number of ether oxygens (including phenoxy) is 2. The van der Waals surface area contributed by atoms with Gasteiger partial charge in [0.25, 0.3) is 5.91 Å². The number of para-hydroxylation sites is 2. The highest BCUT2D eigenvalue weighted by Gasteiger charge is 2.27. The van der Waals surface area contributed by atoms with Gasteiger partial charge in [0.05, 0.1) is 24.5 Å². The van der Waals surface area contributed by atoms with Crippen molar-refractivity contribution < 1.29 is 19.1 Å². The van der Waals surface area contributed by atoms with Gasteiger partial charge in [0, 0.05) is 25.8 Å². The molecule has 1 fully saturated rings. The topological polar surface area (TPSA) is 84.0 Å². The third-order valence-electron chi connectivity index (χ3n) is 7.12. The summed E-state index contributed by atoms with van der Waals surface area (Å²) in [5.41, 5.74) is 2.45. The molecule has 5 rings (SSSR count). The van der Waals surface area contributed by atoms with Gasteiger partial charge in [-0.25, -0.2) is 4.98 Å². The zero-order valence-corrected chi connectivity index (χ0v) is 21.6. The number of anilines is 2. The van der Waals surface area contributed by atoms with Gasteiger partial charge in [0.2, 0.25) is 5.91 Å². The van der Waals surface area contributed by atoms with Gasteiger partial charge in [0.1, 0.15) is 24.7 Å². The van der Waals surface area contributed by atoms with E-state index in [0.29, 0.717) is 68.2 Å². The molecule has 8 heteroatoms. The van der Waals surface area contributed by atoms with Crippen LogP contribution >= 0.6 is 0 Å². The van der Waals surface area contributed by atoms with Crippen molar-refractivity contribution in [2.24, 2.45) is 5.92 Å². The first kappa shape index (κ1) is 25.7. The van der Waals surface area contributed by atoms with E-state index in [1.807, 2.05) is 35.2 Å². The summed E-state index contributed by atoms with van der Waals surface area (Å²) in [5.74, 6) is 1.35. The molecule has 1 aromatic heterocycles. The number of pyridine rings is 1. The fourth-order valence-corrected chi connectivity index (χ4v) is 5.01. The Balaban J connectivity index is 1.27. The minimum absolute atomic E-state index is 0.00691. The maximum atomic E-state index is 13.7. The Morgan fingerprint density at radius 2 is 1.71 bits per heavy atom. The van der Waals surface area contributed by atoms with Gasteiger partial charge in [-0.3, -0.25) is 9.59 Å². The number of carbonyl (C=O) groups is 2. The van der Waals surface area contributed by atoms with Gasteiger partial charge < -0.3 is 24.6 Å². The molecule has 2 aliphatic heterocycles. The van der Waals surface area contributed by atoms with Crippen molar-refractivity contribution in [2.75, 3.05) is 51.3 Å². The molecule has 0 saturated carbocycles. The van der Waals surface area contributed by atoms with Crippen LogP contribution in [0.1, 0.15) is 28.8 Å². The normalized spacial score (nSPS) is 17.1. The number of piperidine rings is 1. The Hall–Kier alpha value is -3.91. The zero-order valence-electron chi connectivity index (χ0n) is 21.6. The van der Waals surface area contributed by atoms with E-state index in [0.717, 1.165) is 19.3 Å². The molecule has 0 radical (unpaired) electrons. The van der Waals surface area contributed by atoms with E-state index in [1.165, 1.54) is 5.56 Å². The standard InChI is InChI=1S/C30H34N4O4/c35-28(33-15-12-24(13-16-33)21-23-7-2-1-3-8-23)22-34-17-18-37-19-20-38-27-11-5-4-10-26(27)32-29-25(30(34)36)9-6-14-31-29/h1-11,14,24H,12-13,15-22H2,(H,31,32). The van der Waals surface area contributed by atoms with E-state index in [1.54, 1.807) is 23.2 Å². The minimum Gasteiger partial charge on any atom is -0.489 e. The average Bonchev–Trinajstić information content (AvgIpc) is 2.96. The highest BCUT2D eigenvalue weighted by molar-refractivity contribution is 6.01. The maximum Gasteiger partial charge on any atom is 0.258 e. The summed E-state index contributed by atoms with van der Waals surface area (Å²) in [4.78, 5) is 34.9. The molecule has 0 aliphatic carbocycles. The molecule has 1 N–H and O–H groups in total. The third-order valence-corrected chi connectivity index (χ3v) is 7.12. The molecule has 3 heterocycles. The molecule has 0 bridgehead atoms. The van der Waals surface area contributed by atoms with Crippen molar-refractivity contribution in [3.63, 3.8) is 0 Å². The number of likely N-dealkylation sites (tertiary alicyclic amines) is 1. The molecule has 0 spiro atoms. The summed E-state index contributed by atoms with van der Waals surface area (Å²) in [6, 6.07) is 21.5. The number of fused-ring (bicyclic) bond motifs is 2. The van der Waals surface area contributed by atoms with Crippen LogP contribution in [0.25, 0.3) is 0 Å². The van der Waals surface area contributed by atoms with Gasteiger partial charge in [0.15, 0.2) is 0 Å². The second-order valence-electron chi connectivity index (χ2n) is 9.72. The number of amides is 2. The molecule has 1 saturated heterocycles. The number of hydrogen-bond donors (Lipinski definition) is 1. The van der Waals surface area contributed by atoms with E-state index in [2.05, 4.69) is 34.6 Å². The highest BCUT2D eigenvalue weighted by atomic mass is 16.5. The molecule has 2 amide bonds. The molecule has 8 nitrogen and oxygen atoms in total. The van der Waals surface area contributed by atoms with Crippen molar-refractivity contribution >= 4 is 23.3 Å². The Morgan fingerprint density at radius 1 is 0.921 bits per heavy atom. The van der Waals surface area contributed by atoms with Crippen molar-refractivity contribution in [3.05, 3.63) is 84.1 Å². The van der Waals surface area contributed by atoms with Crippen molar-refractivity contribution in [2.45, 2.75) is 19.3 Å². The summed E-state index contributed by atoms with van der Waals surface area (Å²) >= 11 is 0. The monoisotopic (exact) mass is 514 g/mol. The molecule has 0 atom stereocenters. The Bertz CT molecular complexity index is 1230. The van der Waals surface area contributed by atoms with Crippen LogP contribution in [0.4, 0.5) is 11.5 Å². The van der Waals surface area contributed by atoms with Crippen molar-refractivity contribution in [3.8, 4) is 5.75 Å². The van der Waals surface area contributed by atoms with Crippen LogP contribution in [0.15, 0.2) is 72.9 Å². The lowest BCUT2D eigenvalue weighted by Crippen LogP contribution is -2.47.